The van der Waals surface area contributed by atoms with E-state index in [1.54, 1.807) is 44.4 Å². The Hall–Kier alpha value is -4.05. The van der Waals surface area contributed by atoms with Crippen molar-refractivity contribution < 1.29 is 33.0 Å². The topological polar surface area (TPSA) is 116 Å². The highest BCUT2D eigenvalue weighted by Gasteiger charge is 2.20. The lowest BCUT2D eigenvalue weighted by Gasteiger charge is -2.08. The van der Waals surface area contributed by atoms with Gasteiger partial charge in [-0.25, -0.2) is 4.79 Å². The molecule has 0 unspecified atom stereocenters. The number of hydrogen-bond donors (Lipinski definition) is 2. The van der Waals surface area contributed by atoms with Crippen molar-refractivity contribution in [3.8, 4) is 21.9 Å². The van der Waals surface area contributed by atoms with E-state index in [2.05, 4.69) is 10.6 Å². The van der Waals surface area contributed by atoms with E-state index in [0.717, 1.165) is 10.4 Å². The first-order chi connectivity index (χ1) is 16.9. The molecule has 184 valence electrons. The van der Waals surface area contributed by atoms with Crippen molar-refractivity contribution in [2.45, 2.75) is 13.3 Å². The molecule has 2 amide bonds. The van der Waals surface area contributed by atoms with Crippen LogP contribution >= 0.6 is 11.3 Å². The molecule has 0 aliphatic carbocycles. The molecule has 9 nitrogen and oxygen atoms in total. The number of esters is 1. The quantitative estimate of drug-likeness (QED) is 0.298. The summed E-state index contributed by atoms with van der Waals surface area (Å²) in [5.74, 6) is 0.421. The second kappa shape index (κ2) is 12.4. The molecule has 2 N–H and O–H groups in total. The van der Waals surface area contributed by atoms with Crippen LogP contribution in [0, 0.1) is 0 Å². The summed E-state index contributed by atoms with van der Waals surface area (Å²) in [6, 6.07) is 10.5. The van der Waals surface area contributed by atoms with Gasteiger partial charge < -0.3 is 29.3 Å². The Morgan fingerprint density at radius 2 is 1.89 bits per heavy atom. The van der Waals surface area contributed by atoms with Gasteiger partial charge in [0, 0.05) is 23.9 Å². The Bertz CT molecular complexity index is 1200. The van der Waals surface area contributed by atoms with Crippen molar-refractivity contribution in [2.24, 2.45) is 0 Å². The van der Waals surface area contributed by atoms with Crippen LogP contribution in [-0.2, 0) is 14.3 Å². The number of amides is 2. The maximum absolute atomic E-state index is 12.5. The van der Waals surface area contributed by atoms with E-state index >= 15 is 0 Å². The Kier molecular flexibility index (Phi) is 9.08. The molecule has 0 saturated carbocycles. The molecule has 0 aliphatic rings. The number of anilines is 1. The zero-order valence-electron chi connectivity index (χ0n) is 19.6. The van der Waals surface area contributed by atoms with Gasteiger partial charge in [0.25, 0.3) is 0 Å². The summed E-state index contributed by atoms with van der Waals surface area (Å²) in [6.45, 7) is 2.03. The Morgan fingerprint density at radius 3 is 2.57 bits per heavy atom. The van der Waals surface area contributed by atoms with Crippen LogP contribution in [0.1, 0.15) is 28.8 Å². The van der Waals surface area contributed by atoms with Crippen LogP contribution in [-0.4, -0.2) is 45.2 Å². The van der Waals surface area contributed by atoms with Crippen molar-refractivity contribution in [3.63, 3.8) is 0 Å². The number of rotatable bonds is 11. The van der Waals surface area contributed by atoms with E-state index in [1.165, 1.54) is 36.9 Å². The SMILES string of the molecule is CCOC(=O)c1sc(-c2ccc(OC)c(OC)c2)cc1NC(=O)CCNC(=O)/C=C/c1ccco1. The number of ether oxygens (including phenoxy) is 3. The van der Waals surface area contributed by atoms with Crippen LogP contribution in [0.15, 0.2) is 53.2 Å². The highest BCUT2D eigenvalue weighted by Crippen LogP contribution is 2.39. The average molecular weight is 499 g/mol. The molecule has 10 heteroatoms. The summed E-state index contributed by atoms with van der Waals surface area (Å²) in [5.41, 5.74) is 1.13. The molecule has 0 aliphatic heterocycles. The third-order valence-electron chi connectivity index (χ3n) is 4.73. The van der Waals surface area contributed by atoms with E-state index < -0.39 is 5.97 Å². The van der Waals surface area contributed by atoms with Gasteiger partial charge in [0.1, 0.15) is 10.6 Å². The minimum Gasteiger partial charge on any atom is -0.493 e. The Labute approximate surface area is 206 Å². The van der Waals surface area contributed by atoms with Crippen molar-refractivity contribution >= 4 is 40.9 Å². The predicted molar refractivity (Wildman–Crippen MR) is 133 cm³/mol. The molecule has 0 fully saturated rings. The molecule has 3 rings (SSSR count). The first-order valence-corrected chi connectivity index (χ1v) is 11.6. The lowest BCUT2D eigenvalue weighted by molar-refractivity contribution is -0.117. The van der Waals surface area contributed by atoms with E-state index in [1.807, 2.05) is 6.07 Å². The highest BCUT2D eigenvalue weighted by molar-refractivity contribution is 7.18. The van der Waals surface area contributed by atoms with Gasteiger partial charge in [-0.05, 0) is 55.0 Å². The summed E-state index contributed by atoms with van der Waals surface area (Å²) < 4.78 is 20.9. The predicted octanol–water partition coefficient (Wildman–Crippen LogP) is 4.36. The number of nitrogens with one attached hydrogen (secondary N) is 2. The molecule has 35 heavy (non-hydrogen) atoms. The lowest BCUT2D eigenvalue weighted by Crippen LogP contribution is -2.26. The number of methoxy groups -OCH3 is 2. The molecule has 0 atom stereocenters. The molecule has 0 saturated heterocycles. The Morgan fingerprint density at radius 1 is 1.09 bits per heavy atom. The van der Waals surface area contributed by atoms with Crippen LogP contribution in [0.5, 0.6) is 11.5 Å². The molecular weight excluding hydrogens is 472 g/mol. The minimum absolute atomic E-state index is 0.0180. The molecular formula is C25H26N2O7S. The fourth-order valence-electron chi connectivity index (χ4n) is 3.08. The number of furan rings is 1. The number of thiophene rings is 1. The van der Waals surface area contributed by atoms with Gasteiger partial charge in [-0.3, -0.25) is 9.59 Å². The van der Waals surface area contributed by atoms with E-state index in [4.69, 9.17) is 18.6 Å². The summed E-state index contributed by atoms with van der Waals surface area (Å²) in [7, 11) is 3.09. The standard InChI is InChI=1S/C25H26N2O7S/c1-4-33-25(30)24-18(15-21(35-24)16-7-9-19(31-2)20(14-16)32-3)27-23(29)11-12-26-22(28)10-8-17-6-5-13-34-17/h5-10,13-15H,4,11-12H2,1-3H3,(H,26,28)(H,27,29)/b10-8+. The molecule has 0 bridgehead atoms. The molecule has 0 radical (unpaired) electrons. The largest absolute Gasteiger partial charge is 0.493 e. The third-order valence-corrected chi connectivity index (χ3v) is 5.89. The van der Waals surface area contributed by atoms with Crippen molar-refractivity contribution in [1.82, 2.24) is 5.32 Å². The summed E-state index contributed by atoms with van der Waals surface area (Å²) in [4.78, 5) is 37.9. The van der Waals surface area contributed by atoms with Crippen molar-refractivity contribution in [1.29, 1.82) is 0 Å². The van der Waals surface area contributed by atoms with Crippen LogP contribution in [0.3, 0.4) is 0 Å². The number of hydrogen-bond acceptors (Lipinski definition) is 8. The first kappa shape index (κ1) is 25.6. The van der Waals surface area contributed by atoms with Crippen LogP contribution in [0.4, 0.5) is 5.69 Å². The van der Waals surface area contributed by atoms with Gasteiger partial charge in [0.2, 0.25) is 11.8 Å². The number of benzene rings is 1. The second-order valence-corrected chi connectivity index (χ2v) is 8.13. The molecule has 1 aromatic carbocycles. The fourth-order valence-corrected chi connectivity index (χ4v) is 4.08. The van der Waals surface area contributed by atoms with Gasteiger partial charge in [0.15, 0.2) is 11.5 Å². The van der Waals surface area contributed by atoms with E-state index in [9.17, 15) is 14.4 Å². The fraction of sp³-hybridized carbons (Fsp3) is 0.240. The molecule has 0 spiro atoms. The molecule has 3 aromatic rings. The number of carbonyl (C=O) groups is 3. The summed E-state index contributed by atoms with van der Waals surface area (Å²) in [5, 5.41) is 5.38. The molecule has 2 aromatic heterocycles. The highest BCUT2D eigenvalue weighted by atomic mass is 32.1. The molecule has 2 heterocycles. The lowest BCUT2D eigenvalue weighted by atomic mass is 10.1. The summed E-state index contributed by atoms with van der Waals surface area (Å²) >= 11 is 1.20. The van der Waals surface area contributed by atoms with E-state index in [-0.39, 0.29) is 36.3 Å². The monoisotopic (exact) mass is 498 g/mol. The second-order valence-electron chi connectivity index (χ2n) is 7.08. The van der Waals surface area contributed by atoms with Gasteiger partial charge >= 0.3 is 5.97 Å². The van der Waals surface area contributed by atoms with Gasteiger partial charge in [-0.1, -0.05) is 0 Å². The summed E-state index contributed by atoms with van der Waals surface area (Å²) in [6.07, 6.45) is 4.38. The van der Waals surface area contributed by atoms with Crippen molar-refractivity contribution in [3.05, 3.63) is 59.4 Å². The zero-order valence-corrected chi connectivity index (χ0v) is 20.4. The average Bonchev–Trinajstić information content (AvgIpc) is 3.52. The first-order valence-electron chi connectivity index (χ1n) is 10.8. The maximum atomic E-state index is 12.5. The minimum atomic E-state index is -0.532. The maximum Gasteiger partial charge on any atom is 0.350 e. The van der Waals surface area contributed by atoms with Gasteiger partial charge in [-0.2, -0.15) is 0 Å². The van der Waals surface area contributed by atoms with Crippen LogP contribution in [0.2, 0.25) is 0 Å². The smallest absolute Gasteiger partial charge is 0.350 e. The van der Waals surface area contributed by atoms with Gasteiger partial charge in [0.05, 0.1) is 32.8 Å². The van der Waals surface area contributed by atoms with E-state index in [0.29, 0.717) is 22.9 Å². The third kappa shape index (κ3) is 6.97. The van der Waals surface area contributed by atoms with Crippen LogP contribution in [0.25, 0.3) is 16.5 Å². The normalized spacial score (nSPS) is 10.7. The van der Waals surface area contributed by atoms with Gasteiger partial charge in [-0.15, -0.1) is 11.3 Å². The van der Waals surface area contributed by atoms with Crippen molar-refractivity contribution in [2.75, 3.05) is 32.7 Å². The number of carbonyl (C=O) groups excluding carboxylic acids is 3. The zero-order chi connectivity index (χ0) is 25.2. The van der Waals surface area contributed by atoms with Crippen LogP contribution < -0.4 is 20.1 Å². The Balaban J connectivity index is 1.68.